The van der Waals surface area contributed by atoms with Gasteiger partial charge in [0.05, 0.1) is 6.04 Å². The molecule has 2 fully saturated rings. The molecule has 0 bridgehead atoms. The van der Waals surface area contributed by atoms with Gasteiger partial charge in [-0.1, -0.05) is 68.2 Å². The number of ether oxygens (including phenoxy) is 4. The molecule has 10 rings (SSSR count). The Morgan fingerprint density at radius 3 is 1.67 bits per heavy atom. The van der Waals surface area contributed by atoms with Crippen LogP contribution in [-0.4, -0.2) is 76.6 Å². The van der Waals surface area contributed by atoms with Crippen molar-refractivity contribution in [3.8, 4) is 52.1 Å². The molecule has 0 radical (unpaired) electrons. The third kappa shape index (κ3) is 10.4. The number of aromatic hydroxyl groups is 3. The first-order valence-electron chi connectivity index (χ1n) is 25.3. The number of hydrogen-bond donors (Lipinski definition) is 3. The van der Waals surface area contributed by atoms with E-state index in [1.165, 1.54) is 18.6 Å². The predicted octanol–water partition coefficient (Wildman–Crippen LogP) is 12.7. The maximum atomic E-state index is 14.2. The van der Waals surface area contributed by atoms with Gasteiger partial charge in [0, 0.05) is 53.4 Å². The molecule has 0 aliphatic carbocycles. The van der Waals surface area contributed by atoms with Crippen LogP contribution in [-0.2, 0) is 0 Å². The van der Waals surface area contributed by atoms with Crippen molar-refractivity contribution < 1.29 is 38.7 Å². The molecule has 4 heterocycles. The summed E-state index contributed by atoms with van der Waals surface area (Å²) in [6, 6.07) is 39.5. The van der Waals surface area contributed by atoms with Crippen molar-refractivity contribution in [2.45, 2.75) is 78.2 Å². The molecule has 0 amide bonds. The Labute approximate surface area is 422 Å². The van der Waals surface area contributed by atoms with E-state index in [1.54, 1.807) is 36.4 Å². The summed E-state index contributed by atoms with van der Waals surface area (Å²) in [6.45, 7) is 16.2. The minimum Gasteiger partial charge on any atom is -0.508 e. The van der Waals surface area contributed by atoms with Gasteiger partial charge in [-0.05, 0) is 177 Å². The second-order valence-electron chi connectivity index (χ2n) is 20.2. The van der Waals surface area contributed by atoms with Crippen LogP contribution in [0.5, 0.6) is 40.2 Å². The smallest absolute Gasteiger partial charge is 0.164 e. The number of hydrogen-bond acceptors (Lipinski definition) is 9. The number of likely N-dealkylation sites (tertiary alicyclic amines) is 2. The summed E-state index contributed by atoms with van der Waals surface area (Å²) < 4.78 is 40.3. The molecule has 6 atom stereocenters. The fourth-order valence-electron chi connectivity index (χ4n) is 10.7. The van der Waals surface area contributed by atoms with Crippen LogP contribution >= 0.6 is 0 Å². The van der Waals surface area contributed by atoms with Crippen LogP contribution in [0.4, 0.5) is 4.39 Å². The summed E-state index contributed by atoms with van der Waals surface area (Å²) in [5, 5.41) is 31.1. The first kappa shape index (κ1) is 48.4. The summed E-state index contributed by atoms with van der Waals surface area (Å²) >= 11 is 0. The largest absolute Gasteiger partial charge is 0.508 e. The van der Waals surface area contributed by atoms with Gasteiger partial charge < -0.3 is 34.3 Å². The number of fused-ring (bicyclic) bond motifs is 2. The van der Waals surface area contributed by atoms with Crippen molar-refractivity contribution in [2.24, 2.45) is 11.8 Å². The Morgan fingerprint density at radius 2 is 1.14 bits per heavy atom. The van der Waals surface area contributed by atoms with Crippen LogP contribution in [0.2, 0.25) is 0 Å². The summed E-state index contributed by atoms with van der Waals surface area (Å²) in [6.07, 6.45) is 2.07. The van der Waals surface area contributed by atoms with E-state index in [1.807, 2.05) is 49.4 Å². The van der Waals surface area contributed by atoms with Gasteiger partial charge in [0.1, 0.15) is 59.9 Å². The van der Waals surface area contributed by atoms with Crippen LogP contribution in [0.15, 0.2) is 127 Å². The van der Waals surface area contributed by atoms with E-state index in [0.29, 0.717) is 42.9 Å². The molecule has 9 nitrogen and oxygen atoms in total. The number of phenols is 3. The van der Waals surface area contributed by atoms with Crippen molar-refractivity contribution in [3.63, 3.8) is 0 Å². The highest BCUT2D eigenvalue weighted by molar-refractivity contribution is 5.97. The van der Waals surface area contributed by atoms with Gasteiger partial charge in [-0.2, -0.15) is 0 Å². The Hall–Kier alpha value is -7.19. The Morgan fingerprint density at radius 1 is 0.625 bits per heavy atom. The Kier molecular flexibility index (Phi) is 14.0. The first-order valence-corrected chi connectivity index (χ1v) is 25.3. The number of allylic oxidation sites excluding steroid dienone is 2. The molecule has 4 aliphatic heterocycles. The zero-order valence-electron chi connectivity index (χ0n) is 41.7. The molecule has 72 heavy (non-hydrogen) atoms. The SMILES string of the molecule is CC1=C(c2ccc(C#CC[C@@H](COc3ccc(C4Oc5ccc(O)cc5C(C)=C4c4ccc(F)c(O)c4)cc3)N3CC[C@@H](C)C3)cc2)C(c2ccc(OC[C@H](C)N3CC[C@@H](C)C3)cc2)Oc2ccc(O)cc21. The van der Waals surface area contributed by atoms with E-state index in [2.05, 4.69) is 85.7 Å². The molecule has 10 heteroatoms. The van der Waals surface area contributed by atoms with Crippen molar-refractivity contribution in [3.05, 3.63) is 172 Å². The summed E-state index contributed by atoms with van der Waals surface area (Å²) in [4.78, 5) is 5.00. The number of phenolic OH excluding ortho intramolecular Hbond substituents is 3. The molecule has 0 saturated carbocycles. The van der Waals surface area contributed by atoms with Crippen LogP contribution in [0.3, 0.4) is 0 Å². The highest BCUT2D eigenvalue weighted by Gasteiger charge is 2.33. The van der Waals surface area contributed by atoms with Gasteiger partial charge in [0.25, 0.3) is 0 Å². The van der Waals surface area contributed by atoms with Gasteiger partial charge >= 0.3 is 0 Å². The van der Waals surface area contributed by atoms with Gasteiger partial charge in [-0.15, -0.1) is 0 Å². The third-order valence-corrected chi connectivity index (χ3v) is 14.9. The average Bonchev–Trinajstić information content (AvgIpc) is 4.03. The normalized spacial score (nSPS) is 20.7. The molecule has 0 spiro atoms. The van der Waals surface area contributed by atoms with Crippen LogP contribution < -0.4 is 18.9 Å². The van der Waals surface area contributed by atoms with Crippen molar-refractivity contribution >= 4 is 22.3 Å². The minimum absolute atomic E-state index is 0.0813. The van der Waals surface area contributed by atoms with Gasteiger partial charge in [0.2, 0.25) is 0 Å². The molecular formula is C62H63FN2O7. The molecule has 4 aliphatic rings. The maximum absolute atomic E-state index is 14.2. The van der Waals surface area contributed by atoms with E-state index < -0.39 is 17.7 Å². The number of halogens is 1. The van der Waals surface area contributed by atoms with E-state index in [9.17, 15) is 19.7 Å². The second-order valence-corrected chi connectivity index (χ2v) is 20.2. The minimum atomic E-state index is -0.702. The molecule has 6 aromatic rings. The van der Waals surface area contributed by atoms with Gasteiger partial charge in [-0.3, -0.25) is 9.80 Å². The van der Waals surface area contributed by atoms with Crippen LogP contribution in [0.25, 0.3) is 22.3 Å². The number of nitrogens with zero attached hydrogens (tertiary/aromatic N) is 2. The highest BCUT2D eigenvalue weighted by atomic mass is 19.1. The standard InChI is InChI=1S/C62H63FN2O7/c1-38-27-29-64(34-38)40(3)36-69-51-20-13-45(14-21-51)61-59(41(4)53-32-49(66)18-25-57(53)71-61)44-11-9-43(10-12-44)7-6-8-48(65-30-28-39(2)35-65)37-70-52-22-15-46(16-23-52)62-60(47-17-24-55(63)56(68)31-47)42(5)54-33-50(67)19-26-58(54)72-62/h9-26,31-33,38-40,48,61-62,66-68H,8,27-30,34-37H2,1-5H3/t38-,39-,40+,48+,61?,62?/m1/s1. The molecule has 2 saturated heterocycles. The lowest BCUT2D eigenvalue weighted by Gasteiger charge is -2.31. The highest BCUT2D eigenvalue weighted by Crippen LogP contribution is 2.49. The monoisotopic (exact) mass is 966 g/mol. The average molecular weight is 967 g/mol. The Balaban J connectivity index is 0.834. The van der Waals surface area contributed by atoms with E-state index in [-0.39, 0.29) is 23.6 Å². The van der Waals surface area contributed by atoms with Crippen molar-refractivity contribution in [1.82, 2.24) is 9.80 Å². The molecule has 0 aromatic heterocycles. The zero-order chi connectivity index (χ0) is 50.0. The summed E-state index contributed by atoms with van der Waals surface area (Å²) in [7, 11) is 0. The second kappa shape index (κ2) is 20.9. The number of rotatable bonds is 13. The lowest BCUT2D eigenvalue weighted by atomic mass is 9.86. The topological polar surface area (TPSA) is 104 Å². The van der Waals surface area contributed by atoms with Crippen LogP contribution in [0.1, 0.15) is 105 Å². The first-order chi connectivity index (χ1) is 34.8. The quantitative estimate of drug-likeness (QED) is 0.0976. The summed E-state index contributed by atoms with van der Waals surface area (Å²) in [5.41, 5.74) is 9.71. The lowest BCUT2D eigenvalue weighted by Crippen LogP contribution is -2.37. The van der Waals surface area contributed by atoms with E-state index in [0.717, 1.165) is 111 Å². The molecule has 6 aromatic carbocycles. The molecule has 3 N–H and O–H groups in total. The Bertz CT molecular complexity index is 3060. The third-order valence-electron chi connectivity index (χ3n) is 14.9. The zero-order valence-corrected chi connectivity index (χ0v) is 41.7. The summed E-state index contributed by atoms with van der Waals surface area (Å²) in [5.74, 6) is 10.3. The lowest BCUT2D eigenvalue weighted by molar-refractivity contribution is 0.159. The van der Waals surface area contributed by atoms with Crippen molar-refractivity contribution in [2.75, 3.05) is 39.4 Å². The number of benzene rings is 6. The van der Waals surface area contributed by atoms with Crippen LogP contribution in [0, 0.1) is 29.5 Å². The van der Waals surface area contributed by atoms with Crippen molar-refractivity contribution in [1.29, 1.82) is 0 Å². The van der Waals surface area contributed by atoms with Gasteiger partial charge in [-0.25, -0.2) is 4.39 Å². The van der Waals surface area contributed by atoms with Gasteiger partial charge in [0.15, 0.2) is 11.6 Å². The molecular weight excluding hydrogens is 904 g/mol. The molecule has 2 unspecified atom stereocenters. The fourth-order valence-corrected chi connectivity index (χ4v) is 10.7. The van der Waals surface area contributed by atoms with E-state index in [4.69, 9.17) is 18.9 Å². The maximum Gasteiger partial charge on any atom is 0.164 e. The van der Waals surface area contributed by atoms with E-state index >= 15 is 0 Å². The fraction of sp³-hybridized carbons (Fsp3) is 0.323. The molecule has 370 valence electrons. The predicted molar refractivity (Wildman–Crippen MR) is 282 cm³/mol.